The summed E-state index contributed by atoms with van der Waals surface area (Å²) in [5.41, 5.74) is 5.84. The molecule has 0 saturated heterocycles. The molecule has 0 atom stereocenters. The highest BCUT2D eigenvalue weighted by Crippen LogP contribution is 2.47. The summed E-state index contributed by atoms with van der Waals surface area (Å²) < 4.78 is 75.5. The SMILES string of the molecule is [2H]c1c([2H])c([2H])c2c(oc3c([2H])c([2H])c([2H])c(N(c4ccc(-c5ccccc5)cc4)c4cc(-c5nc(-c6ccccc6)nc(-c6ccccc6)n5)c5c(c4)oc4ccccc45)c32)c1[2H]. The Morgan fingerprint density at radius 2 is 0.982 bits per heavy atom. The molecule has 0 fully saturated rings. The van der Waals surface area contributed by atoms with E-state index in [4.69, 9.17) is 32.0 Å². The van der Waals surface area contributed by atoms with Crippen molar-refractivity contribution in [2.45, 2.75) is 0 Å². The van der Waals surface area contributed by atoms with E-state index in [9.17, 15) is 1.37 Å². The number of benzene rings is 8. The molecular weight excluding hydrogens is 701 g/mol. The second-order valence-corrected chi connectivity index (χ2v) is 13.5. The van der Waals surface area contributed by atoms with Gasteiger partial charge < -0.3 is 13.7 Å². The maximum atomic E-state index is 9.63. The summed E-state index contributed by atoms with van der Waals surface area (Å²) in [5.74, 6) is 1.23. The molecule has 0 aliphatic carbocycles. The Bertz CT molecular complexity index is 3580. The Kier molecular flexibility index (Phi) is 6.16. The van der Waals surface area contributed by atoms with E-state index < -0.39 is 36.3 Å². The summed E-state index contributed by atoms with van der Waals surface area (Å²) in [4.78, 5) is 16.9. The summed E-state index contributed by atoms with van der Waals surface area (Å²) in [6.45, 7) is 0. The second-order valence-electron chi connectivity index (χ2n) is 13.5. The summed E-state index contributed by atoms with van der Waals surface area (Å²) in [5, 5.41) is 1.62. The number of hydrogen-bond acceptors (Lipinski definition) is 6. The minimum Gasteiger partial charge on any atom is -0.456 e. The van der Waals surface area contributed by atoms with Gasteiger partial charge in [-0.15, -0.1) is 0 Å². The van der Waals surface area contributed by atoms with Crippen molar-refractivity contribution < 1.29 is 18.4 Å². The minimum atomic E-state index is -0.503. The van der Waals surface area contributed by atoms with Crippen molar-refractivity contribution in [2.75, 3.05) is 4.90 Å². The van der Waals surface area contributed by atoms with Crippen molar-refractivity contribution in [2.24, 2.45) is 0 Å². The normalized spacial score (nSPS) is 13.2. The maximum absolute atomic E-state index is 9.63. The molecule has 268 valence electrons. The molecule has 0 aliphatic rings. The molecule has 0 aliphatic heterocycles. The highest BCUT2D eigenvalue weighted by molar-refractivity contribution is 6.16. The predicted octanol–water partition coefficient (Wildman–Crippen LogP) is 13.8. The molecule has 0 unspecified atom stereocenters. The third kappa shape index (κ3) is 5.70. The molecule has 6 nitrogen and oxygen atoms in total. The lowest BCUT2D eigenvalue weighted by Crippen LogP contribution is -2.11. The maximum Gasteiger partial charge on any atom is 0.164 e. The molecule has 11 aromatic rings. The van der Waals surface area contributed by atoms with Crippen LogP contribution in [0.25, 0.3) is 89.2 Å². The lowest BCUT2D eigenvalue weighted by atomic mass is 10.0. The van der Waals surface area contributed by atoms with Gasteiger partial charge in [0.05, 0.1) is 26.4 Å². The Morgan fingerprint density at radius 1 is 0.404 bits per heavy atom. The first-order valence-electron chi connectivity index (χ1n) is 21.9. The van der Waals surface area contributed by atoms with Gasteiger partial charge in [-0.05, 0) is 53.5 Å². The van der Waals surface area contributed by atoms with E-state index in [-0.39, 0.29) is 33.7 Å². The highest BCUT2D eigenvalue weighted by Gasteiger charge is 2.24. The third-order valence-corrected chi connectivity index (χ3v) is 10.0. The molecule has 57 heavy (non-hydrogen) atoms. The number of aromatic nitrogens is 3. The Hall–Kier alpha value is -7.83. The fraction of sp³-hybridized carbons (Fsp3) is 0. The number of hydrogen-bond donors (Lipinski definition) is 0. The lowest BCUT2D eigenvalue weighted by molar-refractivity contribution is 0.669. The van der Waals surface area contributed by atoms with Crippen molar-refractivity contribution in [1.29, 1.82) is 0 Å². The average Bonchev–Trinajstić information content (AvgIpc) is 3.93. The molecule has 0 spiro atoms. The largest absolute Gasteiger partial charge is 0.456 e. The van der Waals surface area contributed by atoms with E-state index in [0.717, 1.165) is 33.0 Å². The molecule has 3 heterocycles. The van der Waals surface area contributed by atoms with E-state index in [1.807, 2.05) is 152 Å². The first kappa shape index (κ1) is 26.1. The molecule has 8 aromatic carbocycles. The topological polar surface area (TPSA) is 68.2 Å². The van der Waals surface area contributed by atoms with Crippen molar-refractivity contribution >= 4 is 60.9 Å². The molecule has 3 aromatic heterocycles. The van der Waals surface area contributed by atoms with Gasteiger partial charge in [-0.3, -0.25) is 0 Å². The van der Waals surface area contributed by atoms with Crippen molar-refractivity contribution in [3.05, 3.63) is 194 Å². The van der Waals surface area contributed by atoms with Crippen molar-refractivity contribution in [3.8, 4) is 45.3 Å². The van der Waals surface area contributed by atoms with Gasteiger partial charge in [0.1, 0.15) is 22.3 Å². The molecule has 0 radical (unpaired) electrons. The Morgan fingerprint density at radius 3 is 1.70 bits per heavy atom. The quantitative estimate of drug-likeness (QED) is 0.162. The molecule has 0 bridgehead atoms. The third-order valence-electron chi connectivity index (χ3n) is 10.0. The van der Waals surface area contributed by atoms with Gasteiger partial charge in [0.15, 0.2) is 17.5 Å². The van der Waals surface area contributed by atoms with Crippen LogP contribution in [0.1, 0.15) is 9.60 Å². The number of nitrogens with zero attached hydrogens (tertiary/aromatic N) is 4. The Labute approximate surface area is 337 Å². The van der Waals surface area contributed by atoms with Gasteiger partial charge in [-0.25, -0.2) is 15.0 Å². The molecule has 11 rings (SSSR count). The van der Waals surface area contributed by atoms with Crippen LogP contribution in [0.2, 0.25) is 0 Å². The zero-order chi connectivity index (χ0) is 43.8. The first-order chi connectivity index (χ1) is 31.2. The van der Waals surface area contributed by atoms with Crippen molar-refractivity contribution in [3.63, 3.8) is 0 Å². The van der Waals surface area contributed by atoms with Crippen LogP contribution in [0.3, 0.4) is 0 Å². The van der Waals surface area contributed by atoms with Crippen LogP contribution in [-0.4, -0.2) is 15.0 Å². The fourth-order valence-corrected chi connectivity index (χ4v) is 7.43. The zero-order valence-electron chi connectivity index (χ0n) is 37.0. The summed E-state index contributed by atoms with van der Waals surface area (Å²) in [6, 6.07) is 45.2. The van der Waals surface area contributed by atoms with Gasteiger partial charge in [0.2, 0.25) is 0 Å². The van der Waals surface area contributed by atoms with Gasteiger partial charge in [0.25, 0.3) is 0 Å². The number of anilines is 3. The average molecular weight is 740 g/mol. The molecule has 0 N–H and O–H groups in total. The molecule has 6 heteroatoms. The number of furan rings is 2. The van der Waals surface area contributed by atoms with Crippen LogP contribution in [0.4, 0.5) is 17.1 Å². The van der Waals surface area contributed by atoms with E-state index >= 15 is 0 Å². The second kappa shape index (κ2) is 13.5. The van der Waals surface area contributed by atoms with Gasteiger partial charge in [-0.1, -0.05) is 145 Å². The lowest BCUT2D eigenvalue weighted by Gasteiger charge is -2.27. The highest BCUT2D eigenvalue weighted by atomic mass is 16.3. The van der Waals surface area contributed by atoms with Gasteiger partial charge >= 0.3 is 0 Å². The van der Waals surface area contributed by atoms with E-state index in [0.29, 0.717) is 45.6 Å². The van der Waals surface area contributed by atoms with Gasteiger partial charge in [-0.2, -0.15) is 0 Å². The predicted molar refractivity (Wildman–Crippen MR) is 231 cm³/mol. The zero-order valence-corrected chi connectivity index (χ0v) is 30.0. The van der Waals surface area contributed by atoms with E-state index in [2.05, 4.69) is 0 Å². The van der Waals surface area contributed by atoms with E-state index in [1.165, 1.54) is 0 Å². The smallest absolute Gasteiger partial charge is 0.164 e. The number of rotatable bonds is 7. The van der Waals surface area contributed by atoms with Crippen LogP contribution < -0.4 is 4.90 Å². The summed E-state index contributed by atoms with van der Waals surface area (Å²) in [6.07, 6.45) is 0. The molecule has 0 saturated carbocycles. The van der Waals surface area contributed by atoms with Crippen molar-refractivity contribution in [1.82, 2.24) is 15.0 Å². The first-order valence-corrected chi connectivity index (χ1v) is 18.4. The molecular formula is C51H32N4O2. The van der Waals surface area contributed by atoms with Crippen LogP contribution in [0.5, 0.6) is 0 Å². The molecule has 0 amide bonds. The number of fused-ring (bicyclic) bond motifs is 6. The summed E-state index contributed by atoms with van der Waals surface area (Å²) in [7, 11) is 0. The van der Waals surface area contributed by atoms with Crippen LogP contribution >= 0.6 is 0 Å². The number of para-hydroxylation sites is 2. The summed E-state index contributed by atoms with van der Waals surface area (Å²) >= 11 is 0. The van der Waals surface area contributed by atoms with Crippen LogP contribution in [-0.2, 0) is 0 Å². The minimum absolute atomic E-state index is 0.00795. The van der Waals surface area contributed by atoms with E-state index in [1.54, 1.807) is 4.90 Å². The van der Waals surface area contributed by atoms with Crippen LogP contribution in [0.15, 0.2) is 203 Å². The van der Waals surface area contributed by atoms with Crippen LogP contribution in [0, 0.1) is 0 Å². The standard InChI is InChI=1S/C51H32N4O2/c1-4-15-33(16-5-1)34-27-29-37(30-28-34)55(42-23-14-26-45-48(42)40-22-11-13-25-44(40)56-45)38-31-41(47-39-21-10-12-24-43(39)57-46(47)32-38)51-53-49(35-17-6-2-7-18-35)52-50(54-51)36-19-8-3-9-20-36/h1-32H/i11D,13D,14D,22D,23D,25D,26D. The fourth-order valence-electron chi connectivity index (χ4n) is 7.43. The van der Waals surface area contributed by atoms with Gasteiger partial charge in [0, 0.05) is 44.6 Å². The monoisotopic (exact) mass is 739 g/mol. The Balaban J connectivity index is 1.27.